The quantitative estimate of drug-likeness (QED) is 0.341. The van der Waals surface area contributed by atoms with E-state index in [-0.39, 0.29) is 0 Å². The van der Waals surface area contributed by atoms with Crippen LogP contribution >= 0.6 is 0 Å². The molecule has 7 nitrogen and oxygen atoms in total. The molecule has 0 aliphatic rings. The largest absolute Gasteiger partial charge is 0.489 e. The Hall–Kier alpha value is -1.38. The Morgan fingerprint density at radius 2 is 1.25 bits per heavy atom. The van der Waals surface area contributed by atoms with Gasteiger partial charge in [-0.25, -0.2) is 0 Å². The van der Waals surface area contributed by atoms with E-state index in [0.29, 0.717) is 70.9 Å². The third-order valence-corrected chi connectivity index (χ3v) is 3.02. The lowest BCUT2D eigenvalue weighted by Gasteiger charge is -2.09. The van der Waals surface area contributed by atoms with Crippen molar-refractivity contribution in [3.63, 3.8) is 0 Å². The topological polar surface area (TPSA) is 84.2 Å². The monoisotopic (exact) mass is 342 g/mol. The molecule has 0 radical (unpaired) electrons. The first-order chi connectivity index (χ1) is 11.8. The van der Waals surface area contributed by atoms with E-state index in [2.05, 4.69) is 5.32 Å². The zero-order valence-electron chi connectivity index (χ0n) is 14.5. The summed E-state index contributed by atoms with van der Waals surface area (Å²) in [5, 5.41) is 3.01. The minimum absolute atomic E-state index is 0.463. The molecule has 0 aliphatic carbocycles. The maximum atomic E-state index is 5.77. The molecule has 0 fully saturated rings. The van der Waals surface area contributed by atoms with Crippen LogP contribution in [0.4, 0.5) is 5.69 Å². The standard InChI is InChI=1S/C17H30N2O5/c1-19-6-7-20-8-9-21-10-11-22-12-13-23-14-15-24-17-5-3-2-4-16(17)18/h2-5,19H,6-15,18H2,1H3. The molecule has 138 valence electrons. The van der Waals surface area contributed by atoms with Crippen LogP contribution in [0.25, 0.3) is 0 Å². The number of ether oxygens (including phenoxy) is 5. The van der Waals surface area contributed by atoms with Crippen LogP contribution < -0.4 is 15.8 Å². The summed E-state index contributed by atoms with van der Waals surface area (Å²) in [6.45, 7) is 5.89. The van der Waals surface area contributed by atoms with Gasteiger partial charge in [-0.2, -0.15) is 0 Å². The second kappa shape index (κ2) is 15.2. The maximum absolute atomic E-state index is 5.77. The first-order valence-corrected chi connectivity index (χ1v) is 8.27. The number of anilines is 1. The highest BCUT2D eigenvalue weighted by atomic mass is 16.6. The van der Waals surface area contributed by atoms with Crippen molar-refractivity contribution in [2.45, 2.75) is 0 Å². The first-order valence-electron chi connectivity index (χ1n) is 8.27. The van der Waals surface area contributed by atoms with Gasteiger partial charge in [0.05, 0.1) is 58.5 Å². The molecule has 0 saturated heterocycles. The molecule has 7 heteroatoms. The van der Waals surface area contributed by atoms with E-state index in [1.165, 1.54) is 0 Å². The summed E-state index contributed by atoms with van der Waals surface area (Å²) in [5.74, 6) is 0.685. The van der Waals surface area contributed by atoms with Crippen molar-refractivity contribution >= 4 is 5.69 Å². The number of nitrogens with two attached hydrogens (primary N) is 1. The highest BCUT2D eigenvalue weighted by Crippen LogP contribution is 2.19. The van der Waals surface area contributed by atoms with Crippen LogP contribution in [0.15, 0.2) is 24.3 Å². The van der Waals surface area contributed by atoms with E-state index < -0.39 is 0 Å². The molecule has 0 amide bonds. The van der Waals surface area contributed by atoms with Crippen LogP contribution in [0.1, 0.15) is 0 Å². The Balaban J connectivity index is 1.77. The number of para-hydroxylation sites is 2. The fraction of sp³-hybridized carbons (Fsp3) is 0.647. The summed E-state index contributed by atoms with van der Waals surface area (Å²) >= 11 is 0. The second-order valence-electron chi connectivity index (χ2n) is 4.94. The molecule has 1 rings (SSSR count). The van der Waals surface area contributed by atoms with Crippen LogP contribution in [0.3, 0.4) is 0 Å². The Morgan fingerprint density at radius 1 is 0.750 bits per heavy atom. The number of rotatable bonds is 16. The minimum atomic E-state index is 0.463. The van der Waals surface area contributed by atoms with Crippen molar-refractivity contribution in [2.75, 3.05) is 78.8 Å². The Labute approximate surface area is 144 Å². The summed E-state index contributed by atoms with van der Waals surface area (Å²) in [5.41, 5.74) is 6.41. The molecular weight excluding hydrogens is 312 g/mol. The summed E-state index contributed by atoms with van der Waals surface area (Å²) in [6, 6.07) is 7.40. The molecule has 1 aromatic rings. The number of likely N-dealkylation sites (N-methyl/N-ethyl adjacent to an activating group) is 1. The molecule has 0 saturated carbocycles. The normalized spacial score (nSPS) is 10.9. The lowest BCUT2D eigenvalue weighted by Crippen LogP contribution is -2.17. The lowest BCUT2D eigenvalue weighted by atomic mass is 10.3. The van der Waals surface area contributed by atoms with Gasteiger partial charge < -0.3 is 34.7 Å². The minimum Gasteiger partial charge on any atom is -0.489 e. The molecule has 0 atom stereocenters. The van der Waals surface area contributed by atoms with E-state index in [1.54, 1.807) is 6.07 Å². The van der Waals surface area contributed by atoms with Crippen molar-refractivity contribution in [3.05, 3.63) is 24.3 Å². The van der Waals surface area contributed by atoms with Crippen LogP contribution in [0, 0.1) is 0 Å². The van der Waals surface area contributed by atoms with Crippen LogP contribution in [-0.4, -0.2) is 73.1 Å². The number of nitrogens with one attached hydrogen (secondary N) is 1. The zero-order valence-corrected chi connectivity index (χ0v) is 14.5. The van der Waals surface area contributed by atoms with E-state index >= 15 is 0 Å². The van der Waals surface area contributed by atoms with Gasteiger partial charge in [-0.15, -0.1) is 0 Å². The Bertz CT molecular complexity index is 406. The van der Waals surface area contributed by atoms with Crippen LogP contribution in [0.2, 0.25) is 0 Å². The van der Waals surface area contributed by atoms with Gasteiger partial charge in [0.2, 0.25) is 0 Å². The molecule has 24 heavy (non-hydrogen) atoms. The van der Waals surface area contributed by atoms with Crippen LogP contribution in [-0.2, 0) is 18.9 Å². The zero-order chi connectivity index (χ0) is 17.3. The summed E-state index contributed by atoms with van der Waals surface area (Å²) < 4.78 is 27.0. The van der Waals surface area contributed by atoms with Crippen molar-refractivity contribution in [1.82, 2.24) is 5.32 Å². The molecule has 0 unspecified atom stereocenters. The van der Waals surface area contributed by atoms with Gasteiger partial charge in [0.25, 0.3) is 0 Å². The average Bonchev–Trinajstić information content (AvgIpc) is 2.60. The molecule has 0 heterocycles. The lowest BCUT2D eigenvalue weighted by molar-refractivity contribution is -0.00415. The van der Waals surface area contributed by atoms with Gasteiger partial charge in [-0.1, -0.05) is 12.1 Å². The van der Waals surface area contributed by atoms with Gasteiger partial charge in [0.1, 0.15) is 12.4 Å². The fourth-order valence-corrected chi connectivity index (χ4v) is 1.76. The van der Waals surface area contributed by atoms with Crippen molar-refractivity contribution < 1.29 is 23.7 Å². The molecular formula is C17H30N2O5. The van der Waals surface area contributed by atoms with Gasteiger partial charge in [0.15, 0.2) is 0 Å². The maximum Gasteiger partial charge on any atom is 0.142 e. The van der Waals surface area contributed by atoms with Crippen LogP contribution in [0.5, 0.6) is 5.75 Å². The van der Waals surface area contributed by atoms with E-state index in [9.17, 15) is 0 Å². The Morgan fingerprint density at radius 3 is 1.79 bits per heavy atom. The van der Waals surface area contributed by atoms with Gasteiger partial charge in [0, 0.05) is 6.54 Å². The van der Waals surface area contributed by atoms with Crippen molar-refractivity contribution in [1.29, 1.82) is 0 Å². The summed E-state index contributed by atoms with van der Waals surface area (Å²) in [4.78, 5) is 0. The number of nitrogen functional groups attached to an aromatic ring is 1. The highest BCUT2D eigenvalue weighted by molar-refractivity contribution is 5.51. The third kappa shape index (κ3) is 11.2. The summed E-state index contributed by atoms with van der Waals surface area (Å²) in [6.07, 6.45) is 0. The van der Waals surface area contributed by atoms with E-state index in [1.807, 2.05) is 25.2 Å². The molecule has 3 N–H and O–H groups in total. The van der Waals surface area contributed by atoms with Gasteiger partial charge >= 0.3 is 0 Å². The Kier molecular flexibility index (Phi) is 13.1. The SMILES string of the molecule is CNCCOCCOCCOCCOCCOc1ccccc1N. The first kappa shape index (κ1) is 20.7. The molecule has 0 aromatic heterocycles. The predicted octanol–water partition coefficient (Wildman–Crippen LogP) is 0.933. The third-order valence-electron chi connectivity index (χ3n) is 3.02. The second-order valence-corrected chi connectivity index (χ2v) is 4.94. The van der Waals surface area contributed by atoms with Gasteiger partial charge in [-0.05, 0) is 19.2 Å². The highest BCUT2D eigenvalue weighted by Gasteiger charge is 1.98. The van der Waals surface area contributed by atoms with E-state index in [4.69, 9.17) is 29.4 Å². The van der Waals surface area contributed by atoms with Gasteiger partial charge in [-0.3, -0.25) is 0 Å². The fourth-order valence-electron chi connectivity index (χ4n) is 1.76. The number of hydrogen-bond acceptors (Lipinski definition) is 7. The average molecular weight is 342 g/mol. The molecule has 0 bridgehead atoms. The molecule has 0 spiro atoms. The van der Waals surface area contributed by atoms with Crippen molar-refractivity contribution in [2.24, 2.45) is 0 Å². The molecule has 1 aromatic carbocycles. The predicted molar refractivity (Wildman–Crippen MR) is 93.6 cm³/mol. The van der Waals surface area contributed by atoms with Crippen molar-refractivity contribution in [3.8, 4) is 5.75 Å². The number of hydrogen-bond donors (Lipinski definition) is 2. The number of benzene rings is 1. The molecule has 0 aliphatic heterocycles. The van der Waals surface area contributed by atoms with E-state index in [0.717, 1.165) is 6.54 Å². The smallest absolute Gasteiger partial charge is 0.142 e. The summed E-state index contributed by atoms with van der Waals surface area (Å²) in [7, 11) is 1.90.